The highest BCUT2D eigenvalue weighted by atomic mass is 14.6. The first-order valence-corrected chi connectivity index (χ1v) is 10.9. The van der Waals surface area contributed by atoms with Crippen molar-refractivity contribution in [2.75, 3.05) is 0 Å². The quantitative estimate of drug-likeness (QED) is 0.458. The molecule has 3 rings (SSSR count). The van der Waals surface area contributed by atoms with E-state index in [0.29, 0.717) is 10.8 Å². The third-order valence-corrected chi connectivity index (χ3v) is 8.55. The van der Waals surface area contributed by atoms with Crippen LogP contribution in [0.3, 0.4) is 0 Å². The number of rotatable bonds is 5. The fourth-order valence-corrected chi connectivity index (χ4v) is 7.22. The molecule has 0 heteroatoms. The highest BCUT2D eigenvalue weighted by Crippen LogP contribution is 2.64. The van der Waals surface area contributed by atoms with Gasteiger partial charge in [-0.1, -0.05) is 73.0 Å². The van der Waals surface area contributed by atoms with Crippen molar-refractivity contribution in [3.8, 4) is 0 Å². The Bertz CT molecular complexity index is 457. The Morgan fingerprint density at radius 1 is 0.958 bits per heavy atom. The molecule has 138 valence electrons. The average Bonchev–Trinajstić information content (AvgIpc) is 2.84. The molecule has 6 atom stereocenters. The second-order valence-electron chi connectivity index (χ2n) is 10.9. The lowest BCUT2D eigenvalue weighted by atomic mass is 9.50. The van der Waals surface area contributed by atoms with Crippen LogP contribution in [0, 0.1) is 46.3 Å². The second-order valence-corrected chi connectivity index (χ2v) is 10.9. The van der Waals surface area contributed by atoms with Crippen LogP contribution in [0.15, 0.2) is 12.2 Å². The van der Waals surface area contributed by atoms with Crippen LogP contribution in [0.25, 0.3) is 0 Å². The van der Waals surface area contributed by atoms with Gasteiger partial charge >= 0.3 is 0 Å². The summed E-state index contributed by atoms with van der Waals surface area (Å²) >= 11 is 0. The Morgan fingerprint density at radius 3 is 2.42 bits per heavy atom. The normalized spacial score (nSPS) is 42.0. The van der Waals surface area contributed by atoms with Crippen LogP contribution < -0.4 is 0 Å². The van der Waals surface area contributed by atoms with E-state index in [1.807, 2.05) is 0 Å². The first-order valence-electron chi connectivity index (χ1n) is 10.9. The molecular weight excluding hydrogens is 288 g/mol. The van der Waals surface area contributed by atoms with Crippen molar-refractivity contribution in [2.24, 2.45) is 46.3 Å². The van der Waals surface area contributed by atoms with Gasteiger partial charge < -0.3 is 0 Å². The molecule has 0 aromatic carbocycles. The van der Waals surface area contributed by atoms with Crippen LogP contribution in [-0.4, -0.2) is 0 Å². The molecule has 3 aliphatic carbocycles. The molecule has 0 N–H and O–H groups in total. The number of fused-ring (bicyclic) bond motifs is 3. The maximum absolute atomic E-state index is 2.69. The van der Waals surface area contributed by atoms with Gasteiger partial charge in [-0.25, -0.2) is 0 Å². The van der Waals surface area contributed by atoms with E-state index in [0.717, 1.165) is 35.5 Å². The van der Waals surface area contributed by atoms with Gasteiger partial charge in [-0.3, -0.25) is 0 Å². The summed E-state index contributed by atoms with van der Waals surface area (Å²) in [5, 5.41) is 0. The number of allylic oxidation sites excluding steroid dienone is 2. The predicted molar refractivity (Wildman–Crippen MR) is 106 cm³/mol. The van der Waals surface area contributed by atoms with Crippen molar-refractivity contribution in [1.82, 2.24) is 0 Å². The van der Waals surface area contributed by atoms with Crippen LogP contribution in [-0.2, 0) is 0 Å². The molecule has 0 nitrogen and oxygen atoms in total. The Labute approximate surface area is 151 Å². The molecular formula is C24H42. The van der Waals surface area contributed by atoms with Crippen molar-refractivity contribution in [1.29, 1.82) is 0 Å². The molecule has 24 heavy (non-hydrogen) atoms. The van der Waals surface area contributed by atoms with Gasteiger partial charge in [0.2, 0.25) is 0 Å². The monoisotopic (exact) mass is 330 g/mol. The Balaban J connectivity index is 1.69. The maximum atomic E-state index is 2.69. The summed E-state index contributed by atoms with van der Waals surface area (Å²) in [6.07, 6.45) is 16.7. The van der Waals surface area contributed by atoms with E-state index >= 15 is 0 Å². The maximum Gasteiger partial charge on any atom is -0.0144 e. The third-order valence-electron chi connectivity index (χ3n) is 8.55. The summed E-state index contributed by atoms with van der Waals surface area (Å²) < 4.78 is 0. The van der Waals surface area contributed by atoms with Crippen LogP contribution in [0.2, 0.25) is 0 Å². The molecule has 0 aromatic rings. The van der Waals surface area contributed by atoms with Gasteiger partial charge in [0.15, 0.2) is 0 Å². The number of hydrogen-bond donors (Lipinski definition) is 0. The Kier molecular flexibility index (Phi) is 5.25. The van der Waals surface area contributed by atoms with Crippen molar-refractivity contribution in [2.45, 2.75) is 92.9 Å². The minimum Gasteiger partial charge on any atom is -0.0877 e. The lowest BCUT2D eigenvalue weighted by Gasteiger charge is -2.54. The summed E-state index contributed by atoms with van der Waals surface area (Å²) in [4.78, 5) is 0. The van der Waals surface area contributed by atoms with E-state index < -0.39 is 0 Å². The van der Waals surface area contributed by atoms with E-state index in [-0.39, 0.29) is 0 Å². The molecule has 3 aliphatic rings. The molecule has 0 aromatic heterocycles. The van der Waals surface area contributed by atoms with Gasteiger partial charge in [0.25, 0.3) is 0 Å². The van der Waals surface area contributed by atoms with Crippen molar-refractivity contribution >= 4 is 0 Å². The summed E-state index contributed by atoms with van der Waals surface area (Å²) in [6, 6.07) is 0. The van der Waals surface area contributed by atoms with Crippen molar-refractivity contribution in [3.05, 3.63) is 12.2 Å². The molecule has 0 radical (unpaired) electrons. The highest BCUT2D eigenvalue weighted by Gasteiger charge is 2.56. The summed E-state index contributed by atoms with van der Waals surface area (Å²) in [7, 11) is 0. The standard InChI is InChI=1S/C24H42/c1-17(2)9-7-10-18(3)20-12-13-22-19-11-8-15-23(4,5)21(19)14-16-24(20,22)6/h8,15,17-22H,7,9-14,16H2,1-6H3. The van der Waals surface area contributed by atoms with Gasteiger partial charge in [-0.05, 0) is 78.4 Å². The smallest absolute Gasteiger partial charge is 0.0144 e. The van der Waals surface area contributed by atoms with Crippen LogP contribution in [0.4, 0.5) is 0 Å². The van der Waals surface area contributed by atoms with Gasteiger partial charge in [0, 0.05) is 0 Å². The topological polar surface area (TPSA) is 0 Å². The van der Waals surface area contributed by atoms with Gasteiger partial charge in [-0.2, -0.15) is 0 Å². The Morgan fingerprint density at radius 2 is 1.71 bits per heavy atom. The first kappa shape index (κ1) is 18.5. The fourth-order valence-electron chi connectivity index (χ4n) is 7.22. The van der Waals surface area contributed by atoms with E-state index in [4.69, 9.17) is 0 Å². The molecule has 0 heterocycles. The fraction of sp³-hybridized carbons (Fsp3) is 0.917. The summed E-state index contributed by atoms with van der Waals surface area (Å²) in [6.45, 7) is 15.0. The SMILES string of the molecule is CC(C)CCCC(C)C1CCC2C3CC=CC(C)(C)C3CCC12C. The van der Waals surface area contributed by atoms with Crippen LogP contribution in [0.5, 0.6) is 0 Å². The lowest BCUT2D eigenvalue weighted by Crippen LogP contribution is -2.47. The first-order chi connectivity index (χ1) is 11.3. The molecule has 0 aliphatic heterocycles. The zero-order chi connectivity index (χ0) is 17.5. The van der Waals surface area contributed by atoms with Crippen LogP contribution >= 0.6 is 0 Å². The molecule has 2 fully saturated rings. The molecule has 0 saturated heterocycles. The molecule has 0 bridgehead atoms. The molecule has 0 spiro atoms. The summed E-state index contributed by atoms with van der Waals surface area (Å²) in [5.41, 5.74) is 1.07. The largest absolute Gasteiger partial charge is 0.0877 e. The molecule has 6 unspecified atom stereocenters. The van der Waals surface area contributed by atoms with Gasteiger partial charge in [0.05, 0.1) is 0 Å². The minimum atomic E-state index is 0.436. The van der Waals surface area contributed by atoms with E-state index in [1.165, 1.54) is 51.4 Å². The minimum absolute atomic E-state index is 0.436. The highest BCUT2D eigenvalue weighted by molar-refractivity contribution is 5.13. The van der Waals surface area contributed by atoms with Gasteiger partial charge in [0.1, 0.15) is 0 Å². The average molecular weight is 331 g/mol. The lowest BCUT2D eigenvalue weighted by molar-refractivity contribution is -0.0357. The van der Waals surface area contributed by atoms with E-state index in [1.54, 1.807) is 0 Å². The second kappa shape index (κ2) is 6.81. The predicted octanol–water partition coefficient (Wildman–Crippen LogP) is 7.49. The summed E-state index contributed by atoms with van der Waals surface area (Å²) in [5.74, 6) is 5.70. The zero-order valence-corrected chi connectivity index (χ0v) is 17.3. The number of hydrogen-bond acceptors (Lipinski definition) is 0. The van der Waals surface area contributed by atoms with Gasteiger partial charge in [-0.15, -0.1) is 0 Å². The molecule has 2 saturated carbocycles. The van der Waals surface area contributed by atoms with Crippen LogP contribution in [0.1, 0.15) is 92.9 Å². The van der Waals surface area contributed by atoms with E-state index in [2.05, 4.69) is 53.7 Å². The van der Waals surface area contributed by atoms with Crippen molar-refractivity contribution < 1.29 is 0 Å². The van der Waals surface area contributed by atoms with E-state index in [9.17, 15) is 0 Å². The van der Waals surface area contributed by atoms with Crippen molar-refractivity contribution in [3.63, 3.8) is 0 Å². The third kappa shape index (κ3) is 3.24. The Hall–Kier alpha value is -0.260. The molecule has 0 amide bonds. The zero-order valence-electron chi connectivity index (χ0n) is 17.3.